The van der Waals surface area contributed by atoms with Crippen LogP contribution >= 0.6 is 12.6 Å². The topological polar surface area (TPSA) is 3.24 Å². The summed E-state index contributed by atoms with van der Waals surface area (Å²) in [5.74, 6) is 0.614. The lowest BCUT2D eigenvalue weighted by atomic mass is 9.89. The van der Waals surface area contributed by atoms with E-state index in [0.717, 1.165) is 19.6 Å². The van der Waals surface area contributed by atoms with Crippen molar-refractivity contribution in [3.05, 3.63) is 70.8 Å². The Balaban J connectivity index is 1.71. The van der Waals surface area contributed by atoms with Gasteiger partial charge in [0.05, 0.1) is 0 Å². The van der Waals surface area contributed by atoms with Gasteiger partial charge < -0.3 is 0 Å². The lowest BCUT2D eigenvalue weighted by Gasteiger charge is -2.32. The van der Waals surface area contributed by atoms with E-state index in [1.54, 1.807) is 5.56 Å². The molecule has 116 valence electrons. The highest BCUT2D eigenvalue weighted by atomic mass is 32.1. The molecule has 1 atom stereocenters. The maximum Gasteiger partial charge on any atom is 0.0394 e. The molecule has 0 aliphatic carbocycles. The Morgan fingerprint density at radius 3 is 2.55 bits per heavy atom. The summed E-state index contributed by atoms with van der Waals surface area (Å²) in [7, 11) is 0. The third-order valence-electron chi connectivity index (χ3n) is 4.62. The SMILES string of the molecule is CC(C)c1cccc2c1CCN(CC(S)c1ccccc1)C2. The monoisotopic (exact) mass is 311 g/mol. The van der Waals surface area contributed by atoms with Crippen molar-refractivity contribution in [1.82, 2.24) is 4.90 Å². The third-order valence-corrected chi connectivity index (χ3v) is 5.08. The summed E-state index contributed by atoms with van der Waals surface area (Å²) in [6, 6.07) is 17.4. The molecule has 1 aliphatic heterocycles. The van der Waals surface area contributed by atoms with E-state index in [4.69, 9.17) is 12.6 Å². The Hall–Kier alpha value is -1.25. The highest BCUT2D eigenvalue weighted by molar-refractivity contribution is 7.80. The molecule has 1 unspecified atom stereocenters. The molecule has 0 radical (unpaired) electrons. The van der Waals surface area contributed by atoms with Crippen LogP contribution in [0.2, 0.25) is 0 Å². The molecule has 1 aliphatic rings. The number of hydrogen-bond donors (Lipinski definition) is 1. The highest BCUT2D eigenvalue weighted by Crippen LogP contribution is 2.29. The summed E-state index contributed by atoms with van der Waals surface area (Å²) in [5, 5.41) is 0.288. The molecule has 22 heavy (non-hydrogen) atoms. The van der Waals surface area contributed by atoms with Crippen molar-refractivity contribution in [2.45, 2.75) is 38.0 Å². The van der Waals surface area contributed by atoms with Gasteiger partial charge in [-0.3, -0.25) is 4.90 Å². The van der Waals surface area contributed by atoms with Crippen molar-refractivity contribution in [2.75, 3.05) is 13.1 Å². The quantitative estimate of drug-likeness (QED) is 0.791. The van der Waals surface area contributed by atoms with Gasteiger partial charge >= 0.3 is 0 Å². The molecule has 0 spiro atoms. The zero-order chi connectivity index (χ0) is 15.5. The second-order valence-corrected chi connectivity index (χ2v) is 7.17. The summed E-state index contributed by atoms with van der Waals surface area (Å²) < 4.78 is 0. The second-order valence-electron chi connectivity index (χ2n) is 6.55. The summed E-state index contributed by atoms with van der Waals surface area (Å²) in [4.78, 5) is 2.54. The van der Waals surface area contributed by atoms with Crippen LogP contribution in [0.4, 0.5) is 0 Å². The maximum atomic E-state index is 4.81. The van der Waals surface area contributed by atoms with Crippen molar-refractivity contribution in [1.29, 1.82) is 0 Å². The van der Waals surface area contributed by atoms with Crippen LogP contribution in [0.5, 0.6) is 0 Å². The molecule has 0 saturated heterocycles. The molecule has 1 heterocycles. The first-order valence-corrected chi connectivity index (χ1v) is 8.73. The van der Waals surface area contributed by atoms with E-state index in [1.165, 1.54) is 23.1 Å². The van der Waals surface area contributed by atoms with Crippen molar-refractivity contribution in [3.63, 3.8) is 0 Å². The molecule has 0 N–H and O–H groups in total. The van der Waals surface area contributed by atoms with Crippen molar-refractivity contribution >= 4 is 12.6 Å². The molecule has 1 nitrogen and oxygen atoms in total. The average molecular weight is 311 g/mol. The van der Waals surface area contributed by atoms with Gasteiger partial charge in [-0.1, -0.05) is 62.4 Å². The first kappa shape index (κ1) is 15.6. The van der Waals surface area contributed by atoms with Gasteiger partial charge in [-0.05, 0) is 34.6 Å². The minimum absolute atomic E-state index is 0.288. The van der Waals surface area contributed by atoms with E-state index in [-0.39, 0.29) is 5.25 Å². The number of hydrogen-bond acceptors (Lipinski definition) is 2. The summed E-state index contributed by atoms with van der Waals surface area (Å²) in [6.07, 6.45) is 1.17. The van der Waals surface area contributed by atoms with Crippen LogP contribution in [0.1, 0.15) is 47.3 Å². The molecule has 3 rings (SSSR count). The summed E-state index contributed by atoms with van der Waals surface area (Å²) >= 11 is 4.81. The van der Waals surface area contributed by atoms with Gasteiger partial charge in [0.2, 0.25) is 0 Å². The van der Waals surface area contributed by atoms with Crippen LogP contribution < -0.4 is 0 Å². The van der Waals surface area contributed by atoms with E-state index < -0.39 is 0 Å². The Labute approximate surface area is 139 Å². The first-order chi connectivity index (χ1) is 10.6. The Morgan fingerprint density at radius 2 is 1.82 bits per heavy atom. The van der Waals surface area contributed by atoms with Crippen LogP contribution in [0, 0.1) is 0 Å². The van der Waals surface area contributed by atoms with Gasteiger partial charge in [-0.2, -0.15) is 12.6 Å². The standard InChI is InChI=1S/C20H25NS/c1-15(2)18-10-6-9-17-13-21(12-11-19(17)18)14-20(22)16-7-4-3-5-8-16/h3-10,15,20,22H,11-14H2,1-2H3. The molecule has 0 bridgehead atoms. The number of rotatable bonds is 4. The van der Waals surface area contributed by atoms with Crippen molar-refractivity contribution in [3.8, 4) is 0 Å². The van der Waals surface area contributed by atoms with Gasteiger partial charge in [-0.25, -0.2) is 0 Å². The molecular weight excluding hydrogens is 286 g/mol. The van der Waals surface area contributed by atoms with Crippen LogP contribution in [-0.2, 0) is 13.0 Å². The van der Waals surface area contributed by atoms with Gasteiger partial charge in [-0.15, -0.1) is 0 Å². The highest BCUT2D eigenvalue weighted by Gasteiger charge is 2.21. The number of fused-ring (bicyclic) bond motifs is 1. The fourth-order valence-corrected chi connectivity index (χ4v) is 3.82. The molecule has 2 aromatic carbocycles. The van der Waals surface area contributed by atoms with Crippen LogP contribution in [-0.4, -0.2) is 18.0 Å². The molecule has 2 heteroatoms. The Kier molecular flexibility index (Phi) is 4.90. The first-order valence-electron chi connectivity index (χ1n) is 8.21. The molecule has 2 aromatic rings. The van der Waals surface area contributed by atoms with Crippen LogP contribution in [0.15, 0.2) is 48.5 Å². The Morgan fingerprint density at radius 1 is 1.05 bits per heavy atom. The number of benzene rings is 2. The molecule has 0 amide bonds. The van der Waals surface area contributed by atoms with E-state index in [1.807, 2.05) is 0 Å². The van der Waals surface area contributed by atoms with Crippen LogP contribution in [0.3, 0.4) is 0 Å². The smallest absolute Gasteiger partial charge is 0.0394 e. The fraction of sp³-hybridized carbons (Fsp3) is 0.400. The van der Waals surface area contributed by atoms with Crippen molar-refractivity contribution < 1.29 is 0 Å². The van der Waals surface area contributed by atoms with Crippen molar-refractivity contribution in [2.24, 2.45) is 0 Å². The van der Waals surface area contributed by atoms with E-state index in [0.29, 0.717) is 5.92 Å². The summed E-state index contributed by atoms with van der Waals surface area (Å²) in [5.41, 5.74) is 5.94. The average Bonchev–Trinajstić information content (AvgIpc) is 2.54. The van der Waals surface area contributed by atoms with E-state index in [2.05, 4.69) is 67.3 Å². The zero-order valence-electron chi connectivity index (χ0n) is 13.5. The van der Waals surface area contributed by atoms with Crippen LogP contribution in [0.25, 0.3) is 0 Å². The molecule has 0 saturated carbocycles. The minimum atomic E-state index is 0.288. The second kappa shape index (κ2) is 6.89. The Bertz CT molecular complexity index is 621. The third kappa shape index (κ3) is 3.39. The van der Waals surface area contributed by atoms with Gasteiger partial charge in [0, 0.05) is 24.9 Å². The lowest BCUT2D eigenvalue weighted by Crippen LogP contribution is -2.33. The minimum Gasteiger partial charge on any atom is -0.297 e. The van der Waals surface area contributed by atoms with E-state index >= 15 is 0 Å². The number of nitrogens with zero attached hydrogens (tertiary/aromatic N) is 1. The van der Waals surface area contributed by atoms with E-state index in [9.17, 15) is 0 Å². The largest absolute Gasteiger partial charge is 0.297 e. The predicted octanol–water partition coefficient (Wildman–Crippen LogP) is 4.84. The summed E-state index contributed by atoms with van der Waals surface area (Å²) in [6.45, 7) is 7.79. The van der Waals surface area contributed by atoms with Gasteiger partial charge in [0.25, 0.3) is 0 Å². The number of thiol groups is 1. The molecule has 0 aromatic heterocycles. The van der Waals surface area contributed by atoms with Gasteiger partial charge in [0.15, 0.2) is 0 Å². The molecule has 0 fully saturated rings. The predicted molar refractivity (Wildman–Crippen MR) is 97.7 cm³/mol. The maximum absolute atomic E-state index is 4.81. The van der Waals surface area contributed by atoms with Gasteiger partial charge in [0.1, 0.15) is 0 Å². The molecular formula is C20H25NS. The fourth-order valence-electron chi connectivity index (χ4n) is 3.42. The lowest BCUT2D eigenvalue weighted by molar-refractivity contribution is 0.255. The normalized spacial score (nSPS) is 16.5. The zero-order valence-corrected chi connectivity index (χ0v) is 14.4.